The lowest BCUT2D eigenvalue weighted by Crippen LogP contribution is -2.41. The number of thiophene rings is 1. The van der Waals surface area contributed by atoms with Crippen molar-refractivity contribution >= 4 is 57.3 Å². The Balaban J connectivity index is 1.39. The molecule has 12 heteroatoms. The van der Waals surface area contributed by atoms with Crippen LogP contribution in [0.25, 0.3) is 0 Å². The molecule has 2 aromatic heterocycles. The number of hydrogen-bond donors (Lipinski definition) is 1. The highest BCUT2D eigenvalue weighted by Gasteiger charge is 2.34. The summed E-state index contributed by atoms with van der Waals surface area (Å²) in [5.41, 5.74) is 0.0295. The number of carbonyl (C=O) groups is 3. The first-order valence-corrected chi connectivity index (χ1v) is 10.7. The summed E-state index contributed by atoms with van der Waals surface area (Å²) in [5.74, 6) is -0.777. The molecule has 29 heavy (non-hydrogen) atoms. The smallest absolute Gasteiger partial charge is 0.416 e. The van der Waals surface area contributed by atoms with Gasteiger partial charge in [0.05, 0.1) is 43.8 Å². The van der Waals surface area contributed by atoms with E-state index in [1.165, 1.54) is 10.3 Å². The van der Waals surface area contributed by atoms with Crippen LogP contribution in [0.1, 0.15) is 18.1 Å². The number of thiazole rings is 1. The summed E-state index contributed by atoms with van der Waals surface area (Å²) < 4.78 is 27.5. The van der Waals surface area contributed by atoms with Crippen molar-refractivity contribution in [3.8, 4) is 0 Å². The van der Waals surface area contributed by atoms with E-state index in [-0.39, 0.29) is 49.6 Å². The highest BCUT2D eigenvalue weighted by molar-refractivity contribution is 7.18. The van der Waals surface area contributed by atoms with Crippen molar-refractivity contribution in [2.75, 3.05) is 37.7 Å². The lowest BCUT2D eigenvalue weighted by molar-refractivity contribution is -0.143. The summed E-state index contributed by atoms with van der Waals surface area (Å²) in [5, 5.41) is 4.43. The summed E-state index contributed by atoms with van der Waals surface area (Å²) >= 11 is 8.05. The molecule has 154 valence electrons. The van der Waals surface area contributed by atoms with Crippen LogP contribution in [0.15, 0.2) is 17.5 Å². The number of nitrogens with one attached hydrogen (secondary N) is 1. The van der Waals surface area contributed by atoms with Crippen LogP contribution >= 0.6 is 34.3 Å². The number of rotatable bonds is 6. The molecule has 9 nitrogen and oxygen atoms in total. The molecule has 1 N–H and O–H groups in total. The summed E-state index contributed by atoms with van der Waals surface area (Å²) in [6.07, 6.45) is -1.22. The quantitative estimate of drug-likeness (QED) is 0.710. The van der Waals surface area contributed by atoms with Crippen LogP contribution in [0.5, 0.6) is 0 Å². The maximum absolute atomic E-state index is 12.3. The number of morpholine rings is 1. The molecule has 3 amide bonds. The Morgan fingerprint density at radius 2 is 2.31 bits per heavy atom. The van der Waals surface area contributed by atoms with E-state index in [2.05, 4.69) is 10.3 Å². The number of halogens is 1. The fourth-order valence-corrected chi connectivity index (χ4v) is 4.44. The van der Waals surface area contributed by atoms with E-state index in [0.29, 0.717) is 9.21 Å². The van der Waals surface area contributed by atoms with Gasteiger partial charge in [-0.1, -0.05) is 11.6 Å². The van der Waals surface area contributed by atoms with E-state index in [0.717, 1.165) is 27.6 Å². The first-order valence-electron chi connectivity index (χ1n) is 9.61. The topological polar surface area (TPSA) is 101 Å². The molecule has 1 atom stereocenters. The van der Waals surface area contributed by atoms with Crippen molar-refractivity contribution in [3.05, 3.63) is 32.4 Å². The standard InChI is InChI=1S/C17H17ClN4O5S2/c18-13-2-1-12(29-13)15(24)19-5-11-7-22(17(25)27-11)16-20-10(9-28-16)6-21-3-4-26-8-14(21)23/h1-2,9,11H,3-8H2,(H,19,24)/t11-/m0/s1/i6D2. The van der Waals surface area contributed by atoms with Gasteiger partial charge >= 0.3 is 6.09 Å². The SMILES string of the molecule is [2H]C([2H])(c1csc(N2C[C@H](CNC(=O)c3ccc(Cl)s3)OC2=O)n1)N1CCOCC1=O. The van der Waals surface area contributed by atoms with Crippen LogP contribution in [0.2, 0.25) is 4.34 Å². The number of cyclic esters (lactones) is 1. The van der Waals surface area contributed by atoms with E-state index in [9.17, 15) is 14.4 Å². The van der Waals surface area contributed by atoms with Gasteiger partial charge in [0.2, 0.25) is 5.91 Å². The maximum Gasteiger partial charge on any atom is 0.416 e. The predicted octanol–water partition coefficient (Wildman–Crippen LogP) is 1.97. The molecule has 2 aromatic rings. The van der Waals surface area contributed by atoms with Crippen molar-refractivity contribution in [2.45, 2.75) is 12.6 Å². The third-order valence-electron chi connectivity index (χ3n) is 4.12. The second-order valence-electron chi connectivity index (χ2n) is 6.16. The molecular formula is C17H17ClN4O5S2. The zero-order valence-electron chi connectivity index (χ0n) is 16.9. The lowest BCUT2D eigenvalue weighted by Gasteiger charge is -2.25. The highest BCUT2D eigenvalue weighted by Crippen LogP contribution is 2.26. The van der Waals surface area contributed by atoms with E-state index >= 15 is 0 Å². The van der Waals surface area contributed by atoms with Crippen LogP contribution in [-0.4, -0.2) is 66.7 Å². The van der Waals surface area contributed by atoms with Gasteiger partial charge in [-0.2, -0.15) is 0 Å². The monoisotopic (exact) mass is 458 g/mol. The number of carbonyl (C=O) groups excluding carboxylic acids is 3. The van der Waals surface area contributed by atoms with Gasteiger partial charge in [-0.05, 0) is 12.1 Å². The average Bonchev–Trinajstić information content (AvgIpc) is 3.46. The summed E-state index contributed by atoms with van der Waals surface area (Å²) in [6, 6.07) is 3.24. The van der Waals surface area contributed by atoms with Crippen molar-refractivity contribution in [1.29, 1.82) is 0 Å². The normalized spacial score (nSPS) is 21.1. The molecule has 0 radical (unpaired) electrons. The van der Waals surface area contributed by atoms with Crippen molar-refractivity contribution in [2.24, 2.45) is 0 Å². The second kappa shape index (κ2) is 8.66. The first kappa shape index (κ1) is 17.6. The van der Waals surface area contributed by atoms with Crippen molar-refractivity contribution in [1.82, 2.24) is 15.2 Å². The van der Waals surface area contributed by atoms with E-state index < -0.39 is 24.6 Å². The van der Waals surface area contributed by atoms with Crippen molar-refractivity contribution in [3.63, 3.8) is 0 Å². The van der Waals surface area contributed by atoms with Gasteiger partial charge in [-0.25, -0.2) is 14.7 Å². The summed E-state index contributed by atoms with van der Waals surface area (Å²) in [7, 11) is 0. The van der Waals surface area contributed by atoms with Gasteiger partial charge in [0.15, 0.2) is 5.13 Å². The molecule has 2 fully saturated rings. The molecule has 4 rings (SSSR count). The number of amides is 3. The zero-order valence-corrected chi connectivity index (χ0v) is 17.3. The van der Waals surface area contributed by atoms with Crippen LogP contribution < -0.4 is 10.2 Å². The Morgan fingerprint density at radius 3 is 3.07 bits per heavy atom. The van der Waals surface area contributed by atoms with E-state index in [1.807, 2.05) is 0 Å². The van der Waals surface area contributed by atoms with Crippen molar-refractivity contribution < 1.29 is 26.6 Å². The molecule has 0 unspecified atom stereocenters. The van der Waals surface area contributed by atoms with Gasteiger partial charge in [-0.15, -0.1) is 22.7 Å². The van der Waals surface area contributed by atoms with Gasteiger partial charge in [-0.3, -0.25) is 9.59 Å². The average molecular weight is 459 g/mol. The molecule has 4 heterocycles. The Bertz CT molecular complexity index is 1020. The number of ether oxygens (including phenoxy) is 2. The maximum atomic E-state index is 12.3. The molecule has 2 aliphatic heterocycles. The molecule has 0 aliphatic carbocycles. The Hall–Kier alpha value is -2.21. The summed E-state index contributed by atoms with van der Waals surface area (Å²) in [4.78, 5) is 43.5. The molecule has 2 saturated heterocycles. The molecular weight excluding hydrogens is 440 g/mol. The highest BCUT2D eigenvalue weighted by atomic mass is 35.5. The molecule has 0 saturated carbocycles. The fraction of sp³-hybridized carbons (Fsp3) is 0.412. The van der Waals surface area contributed by atoms with Gasteiger partial charge in [0.25, 0.3) is 5.91 Å². The third kappa shape index (κ3) is 4.69. The van der Waals surface area contributed by atoms with Crippen LogP contribution in [0, 0.1) is 0 Å². The predicted molar refractivity (Wildman–Crippen MR) is 108 cm³/mol. The van der Waals surface area contributed by atoms with Crippen LogP contribution in [0.4, 0.5) is 9.93 Å². The van der Waals surface area contributed by atoms with E-state index in [1.54, 1.807) is 12.1 Å². The van der Waals surface area contributed by atoms with Crippen LogP contribution in [0.3, 0.4) is 0 Å². The number of hydrogen-bond acceptors (Lipinski definition) is 8. The fourth-order valence-electron chi connectivity index (χ4n) is 2.73. The number of aromatic nitrogens is 1. The van der Waals surface area contributed by atoms with Gasteiger partial charge in [0, 0.05) is 11.9 Å². The molecule has 0 spiro atoms. The second-order valence-corrected chi connectivity index (χ2v) is 8.71. The zero-order chi connectivity index (χ0) is 22.2. The minimum atomic E-state index is -2.13. The van der Waals surface area contributed by atoms with Gasteiger partial charge in [0.1, 0.15) is 12.7 Å². The lowest BCUT2D eigenvalue weighted by atomic mass is 10.3. The Kier molecular flexibility index (Phi) is 5.26. The Morgan fingerprint density at radius 1 is 1.45 bits per heavy atom. The molecule has 0 aromatic carbocycles. The largest absolute Gasteiger partial charge is 0.442 e. The molecule has 2 aliphatic rings. The Labute approximate surface area is 182 Å². The third-order valence-corrected chi connectivity index (χ3v) is 6.21. The van der Waals surface area contributed by atoms with E-state index in [4.69, 9.17) is 23.8 Å². The number of nitrogens with zero attached hydrogens (tertiary/aromatic N) is 3. The van der Waals surface area contributed by atoms with Crippen LogP contribution in [-0.2, 0) is 20.8 Å². The first-order chi connectivity index (χ1) is 14.8. The van der Waals surface area contributed by atoms with Gasteiger partial charge < -0.3 is 19.7 Å². The molecule has 0 bridgehead atoms. The minimum Gasteiger partial charge on any atom is -0.442 e. The summed E-state index contributed by atoms with van der Waals surface area (Å²) in [6.45, 7) is -1.70. The minimum absolute atomic E-state index is 0.0295. The number of anilines is 1.